The van der Waals surface area contributed by atoms with Crippen LogP contribution in [0.4, 0.5) is 5.69 Å². The number of amides is 1. The van der Waals surface area contributed by atoms with Gasteiger partial charge >= 0.3 is 0 Å². The van der Waals surface area contributed by atoms with Crippen LogP contribution in [0.2, 0.25) is 0 Å². The summed E-state index contributed by atoms with van der Waals surface area (Å²) in [5, 5.41) is 8.79. The molecule has 5 aromatic rings. The highest BCUT2D eigenvalue weighted by Gasteiger charge is 2.18. The van der Waals surface area contributed by atoms with Crippen molar-refractivity contribution in [2.24, 2.45) is 0 Å². The van der Waals surface area contributed by atoms with Crippen molar-refractivity contribution in [1.82, 2.24) is 9.78 Å². The number of hydrogen-bond acceptors (Lipinski definition) is 3. The Morgan fingerprint density at radius 2 is 1.61 bits per heavy atom. The lowest BCUT2D eigenvalue weighted by molar-refractivity contribution is 0.103. The van der Waals surface area contributed by atoms with Crippen LogP contribution in [0.15, 0.2) is 91.0 Å². The minimum Gasteiger partial charge on any atom is -0.321 e. The number of anilines is 1. The first-order valence-electron chi connectivity index (χ1n) is 10.2. The summed E-state index contributed by atoms with van der Waals surface area (Å²) in [4.78, 5) is 14.8. The summed E-state index contributed by atoms with van der Waals surface area (Å²) >= 11 is 1.47. The van der Waals surface area contributed by atoms with E-state index in [2.05, 4.69) is 28.6 Å². The van der Waals surface area contributed by atoms with Crippen molar-refractivity contribution >= 4 is 33.1 Å². The van der Waals surface area contributed by atoms with E-state index in [0.29, 0.717) is 4.88 Å². The SMILES string of the molecule is Cc1nn(-c2ccccc2)c2sc(C(=O)Nc3ccccc3Cc3ccccc3)cc12. The monoisotopic (exact) mass is 423 g/mol. The van der Waals surface area contributed by atoms with Gasteiger partial charge in [0.1, 0.15) is 4.83 Å². The van der Waals surface area contributed by atoms with Crippen LogP contribution in [0.25, 0.3) is 15.9 Å². The van der Waals surface area contributed by atoms with E-state index >= 15 is 0 Å². The maximum absolute atomic E-state index is 13.1. The molecule has 0 aliphatic rings. The molecule has 1 amide bonds. The fraction of sp³-hybridized carbons (Fsp3) is 0.0769. The first-order chi connectivity index (χ1) is 15.2. The third-order valence-corrected chi connectivity index (χ3v) is 6.38. The fourth-order valence-corrected chi connectivity index (χ4v) is 4.78. The van der Waals surface area contributed by atoms with Crippen molar-refractivity contribution in [3.63, 3.8) is 0 Å². The Hall–Kier alpha value is -3.70. The number of aryl methyl sites for hydroxylation is 1. The van der Waals surface area contributed by atoms with E-state index < -0.39 is 0 Å². The molecule has 0 spiro atoms. The summed E-state index contributed by atoms with van der Waals surface area (Å²) in [6, 6.07) is 30.2. The minimum absolute atomic E-state index is 0.0966. The van der Waals surface area contributed by atoms with Crippen molar-refractivity contribution in [3.8, 4) is 5.69 Å². The van der Waals surface area contributed by atoms with Gasteiger partial charge in [0.15, 0.2) is 0 Å². The Balaban J connectivity index is 1.44. The van der Waals surface area contributed by atoms with Crippen LogP contribution in [0.3, 0.4) is 0 Å². The Morgan fingerprint density at radius 1 is 0.935 bits per heavy atom. The van der Waals surface area contributed by atoms with E-state index in [4.69, 9.17) is 0 Å². The number of rotatable bonds is 5. The predicted octanol–water partition coefficient (Wildman–Crippen LogP) is 6.24. The molecule has 0 aliphatic carbocycles. The molecule has 2 heterocycles. The van der Waals surface area contributed by atoms with Gasteiger partial charge in [0.25, 0.3) is 5.91 Å². The molecular weight excluding hydrogens is 402 g/mol. The molecule has 0 atom stereocenters. The molecule has 3 aromatic carbocycles. The second-order valence-electron chi connectivity index (χ2n) is 7.44. The lowest BCUT2D eigenvalue weighted by atomic mass is 10.0. The molecule has 0 fully saturated rings. The highest BCUT2D eigenvalue weighted by molar-refractivity contribution is 7.20. The van der Waals surface area contributed by atoms with Crippen molar-refractivity contribution in [2.45, 2.75) is 13.3 Å². The third kappa shape index (κ3) is 3.88. The Kier molecular flexibility index (Phi) is 5.10. The number of para-hydroxylation sites is 2. The number of nitrogens with one attached hydrogen (secondary N) is 1. The normalized spacial score (nSPS) is 11.0. The van der Waals surface area contributed by atoms with Gasteiger partial charge in [-0.1, -0.05) is 66.7 Å². The van der Waals surface area contributed by atoms with Crippen molar-refractivity contribution < 1.29 is 4.79 Å². The van der Waals surface area contributed by atoms with Crippen LogP contribution in [0.5, 0.6) is 0 Å². The van der Waals surface area contributed by atoms with Gasteiger partial charge in [0.05, 0.1) is 16.3 Å². The van der Waals surface area contributed by atoms with Crippen LogP contribution < -0.4 is 5.32 Å². The predicted molar refractivity (Wildman–Crippen MR) is 127 cm³/mol. The lowest BCUT2D eigenvalue weighted by Crippen LogP contribution is -2.12. The standard InChI is InChI=1S/C26H21N3OS/c1-18-22-17-24(31-26(22)29(28-18)21-13-6-3-7-14-21)25(30)27-23-15-9-8-12-20(23)16-19-10-4-2-5-11-19/h2-15,17H,16H2,1H3,(H,27,30). The summed E-state index contributed by atoms with van der Waals surface area (Å²) in [5.41, 5.74) is 5.05. The van der Waals surface area contributed by atoms with Crippen molar-refractivity contribution in [3.05, 3.63) is 113 Å². The number of hydrogen-bond donors (Lipinski definition) is 1. The van der Waals surface area contributed by atoms with E-state index in [1.54, 1.807) is 0 Å². The zero-order valence-corrected chi connectivity index (χ0v) is 17.9. The number of nitrogens with zero attached hydrogens (tertiary/aromatic N) is 2. The average molecular weight is 424 g/mol. The van der Waals surface area contributed by atoms with Gasteiger partial charge < -0.3 is 5.32 Å². The molecule has 0 bridgehead atoms. The van der Waals surface area contributed by atoms with Gasteiger partial charge in [-0.3, -0.25) is 4.79 Å². The molecule has 2 aromatic heterocycles. The highest BCUT2D eigenvalue weighted by atomic mass is 32.1. The lowest BCUT2D eigenvalue weighted by Gasteiger charge is -2.10. The van der Waals surface area contributed by atoms with Gasteiger partial charge in [-0.2, -0.15) is 5.10 Å². The zero-order valence-electron chi connectivity index (χ0n) is 17.1. The molecule has 0 radical (unpaired) electrons. The second kappa shape index (κ2) is 8.20. The van der Waals surface area contributed by atoms with Crippen LogP contribution in [0, 0.1) is 6.92 Å². The number of fused-ring (bicyclic) bond motifs is 1. The van der Waals surface area contributed by atoms with Crippen molar-refractivity contribution in [1.29, 1.82) is 0 Å². The van der Waals surface area contributed by atoms with Gasteiger partial charge in [0, 0.05) is 11.1 Å². The van der Waals surface area contributed by atoms with E-state index in [9.17, 15) is 4.79 Å². The molecule has 0 aliphatic heterocycles. The molecule has 0 unspecified atom stereocenters. The van der Waals surface area contributed by atoms with E-state index in [1.165, 1.54) is 16.9 Å². The molecular formula is C26H21N3OS. The van der Waals surface area contributed by atoms with E-state index in [1.807, 2.05) is 84.4 Å². The zero-order chi connectivity index (χ0) is 21.2. The summed E-state index contributed by atoms with van der Waals surface area (Å²) in [5.74, 6) is -0.0966. The number of carbonyl (C=O) groups excluding carboxylic acids is 1. The third-order valence-electron chi connectivity index (χ3n) is 5.27. The average Bonchev–Trinajstić information content (AvgIpc) is 3.37. The molecule has 5 rings (SSSR count). The Labute approximate surface area is 184 Å². The summed E-state index contributed by atoms with van der Waals surface area (Å²) < 4.78 is 1.91. The molecule has 1 N–H and O–H groups in total. The first kappa shape index (κ1) is 19.3. The summed E-state index contributed by atoms with van der Waals surface area (Å²) in [6.45, 7) is 1.98. The summed E-state index contributed by atoms with van der Waals surface area (Å²) in [7, 11) is 0. The Morgan fingerprint density at radius 3 is 2.39 bits per heavy atom. The van der Waals surface area contributed by atoms with Crippen LogP contribution in [-0.4, -0.2) is 15.7 Å². The van der Waals surface area contributed by atoms with E-state index in [0.717, 1.165) is 39.3 Å². The molecule has 152 valence electrons. The van der Waals surface area contributed by atoms with Crippen LogP contribution in [-0.2, 0) is 6.42 Å². The second-order valence-corrected chi connectivity index (χ2v) is 8.47. The molecule has 0 saturated carbocycles. The summed E-state index contributed by atoms with van der Waals surface area (Å²) in [6.07, 6.45) is 0.770. The molecule has 4 nitrogen and oxygen atoms in total. The number of carbonyl (C=O) groups is 1. The topological polar surface area (TPSA) is 46.9 Å². The maximum Gasteiger partial charge on any atom is 0.265 e. The fourth-order valence-electron chi connectivity index (χ4n) is 3.70. The molecule has 0 saturated heterocycles. The quantitative estimate of drug-likeness (QED) is 0.364. The van der Waals surface area contributed by atoms with E-state index in [-0.39, 0.29) is 5.91 Å². The van der Waals surface area contributed by atoms with Gasteiger partial charge in [0.2, 0.25) is 0 Å². The smallest absolute Gasteiger partial charge is 0.265 e. The number of benzene rings is 3. The largest absolute Gasteiger partial charge is 0.321 e. The number of aromatic nitrogens is 2. The highest BCUT2D eigenvalue weighted by Crippen LogP contribution is 2.31. The van der Waals surface area contributed by atoms with Crippen LogP contribution in [0.1, 0.15) is 26.5 Å². The molecule has 5 heteroatoms. The van der Waals surface area contributed by atoms with Crippen molar-refractivity contribution in [2.75, 3.05) is 5.32 Å². The number of thiophene rings is 1. The van der Waals surface area contributed by atoms with Gasteiger partial charge in [-0.15, -0.1) is 11.3 Å². The van der Waals surface area contributed by atoms with Crippen LogP contribution >= 0.6 is 11.3 Å². The Bertz CT molecular complexity index is 1350. The first-order valence-corrected chi connectivity index (χ1v) is 11.0. The minimum atomic E-state index is -0.0966. The molecule has 31 heavy (non-hydrogen) atoms. The maximum atomic E-state index is 13.1. The van der Waals surface area contributed by atoms with Gasteiger partial charge in [-0.25, -0.2) is 4.68 Å². The van der Waals surface area contributed by atoms with Gasteiger partial charge in [-0.05, 0) is 48.7 Å².